The fraction of sp³-hybridized carbons (Fsp3) is 0.222. The van der Waals surface area contributed by atoms with Crippen molar-refractivity contribution in [2.75, 3.05) is 0 Å². The maximum atomic E-state index is 11.6. The molecule has 0 radical (unpaired) electrons. The molecule has 1 aromatic carbocycles. The van der Waals surface area contributed by atoms with Gasteiger partial charge in [-0.2, -0.15) is 8.42 Å². The van der Waals surface area contributed by atoms with Crippen LogP contribution in [0.25, 0.3) is 10.2 Å². The normalized spacial score (nSPS) is 12.1. The van der Waals surface area contributed by atoms with Gasteiger partial charge in [-0.15, -0.1) is 0 Å². The lowest BCUT2D eigenvalue weighted by Crippen LogP contribution is -2.12. The van der Waals surface area contributed by atoms with Gasteiger partial charge in [-0.05, 0) is 19.1 Å². The number of hydrogen-bond donors (Lipinski definition) is 1. The predicted molar refractivity (Wildman–Crippen MR) is 61.6 cm³/mol. The molecule has 0 bridgehead atoms. The second-order valence-electron chi connectivity index (χ2n) is 3.19. The number of fused-ring (bicyclic) bond motifs is 1. The molecule has 2 aromatic rings. The van der Waals surface area contributed by atoms with Crippen molar-refractivity contribution >= 4 is 31.7 Å². The van der Waals surface area contributed by atoms with Crippen LogP contribution in [0.4, 0.5) is 0 Å². The van der Waals surface area contributed by atoms with Crippen LogP contribution in [0.2, 0.25) is 0 Å². The maximum Gasteiger partial charge on any atom is 0.308 e. The molecule has 0 saturated carbocycles. The van der Waals surface area contributed by atoms with Crippen molar-refractivity contribution in [1.29, 1.82) is 0 Å². The van der Waals surface area contributed by atoms with Gasteiger partial charge in [0.05, 0.1) is 10.2 Å². The fourth-order valence-electron chi connectivity index (χ4n) is 1.59. The first kappa shape index (κ1) is 11.3. The molecule has 0 amide bonds. The smallest absolute Gasteiger partial charge is 0.298 e. The summed E-state index contributed by atoms with van der Waals surface area (Å²) in [7, 11) is -4.30. The molecule has 0 aliphatic rings. The van der Waals surface area contributed by atoms with Crippen molar-refractivity contribution < 1.29 is 13.0 Å². The minimum atomic E-state index is -4.30. The second kappa shape index (κ2) is 3.69. The molecule has 0 fully saturated rings. The van der Waals surface area contributed by atoms with Crippen LogP contribution in [0.1, 0.15) is 6.92 Å². The molecule has 16 heavy (non-hydrogen) atoms. The first-order valence-corrected chi connectivity index (χ1v) is 6.80. The second-order valence-corrected chi connectivity index (χ2v) is 5.57. The van der Waals surface area contributed by atoms with Crippen molar-refractivity contribution in [2.45, 2.75) is 18.4 Å². The zero-order valence-corrected chi connectivity index (χ0v) is 10.0. The van der Waals surface area contributed by atoms with Crippen LogP contribution in [0, 0.1) is 0 Å². The molecular weight excluding hydrogens is 250 g/mol. The third kappa shape index (κ3) is 1.66. The predicted octanol–water partition coefficient (Wildman–Crippen LogP) is 1.33. The monoisotopic (exact) mass is 259 g/mol. The Morgan fingerprint density at radius 3 is 2.69 bits per heavy atom. The number of aromatic nitrogens is 1. The Labute approximate surface area is 95.7 Å². The molecule has 7 heteroatoms. The lowest BCUT2D eigenvalue weighted by Gasteiger charge is -2.03. The lowest BCUT2D eigenvalue weighted by atomic mass is 10.3. The highest BCUT2D eigenvalue weighted by molar-refractivity contribution is 7.86. The molecule has 0 aliphatic heterocycles. The Kier molecular flexibility index (Phi) is 2.61. The fourth-order valence-corrected chi connectivity index (χ4v) is 3.35. The zero-order chi connectivity index (χ0) is 11.9. The van der Waals surface area contributed by atoms with Gasteiger partial charge in [0.15, 0.2) is 0 Å². The summed E-state index contributed by atoms with van der Waals surface area (Å²) in [5.41, 5.74) is 0.280. The van der Waals surface area contributed by atoms with Crippen LogP contribution in [0.5, 0.6) is 0 Å². The van der Waals surface area contributed by atoms with E-state index in [9.17, 15) is 13.2 Å². The van der Waals surface area contributed by atoms with E-state index in [4.69, 9.17) is 4.55 Å². The Morgan fingerprint density at radius 1 is 1.44 bits per heavy atom. The number of rotatable bonds is 2. The lowest BCUT2D eigenvalue weighted by molar-refractivity contribution is 0.483. The summed E-state index contributed by atoms with van der Waals surface area (Å²) >= 11 is 0.965. The molecule has 2 rings (SSSR count). The van der Waals surface area contributed by atoms with Crippen LogP contribution in [0.15, 0.2) is 27.9 Å². The highest BCUT2D eigenvalue weighted by atomic mass is 32.2. The van der Waals surface area contributed by atoms with Gasteiger partial charge in [0.2, 0.25) is 0 Å². The van der Waals surface area contributed by atoms with Crippen LogP contribution in [-0.4, -0.2) is 17.5 Å². The van der Waals surface area contributed by atoms with E-state index < -0.39 is 10.1 Å². The summed E-state index contributed by atoms with van der Waals surface area (Å²) in [6.07, 6.45) is 0. The van der Waals surface area contributed by atoms with Crippen molar-refractivity contribution in [3.05, 3.63) is 27.9 Å². The van der Waals surface area contributed by atoms with E-state index in [1.807, 2.05) is 0 Å². The Hall–Kier alpha value is -1.18. The van der Waals surface area contributed by atoms with Crippen molar-refractivity contribution in [3.8, 4) is 0 Å². The summed E-state index contributed by atoms with van der Waals surface area (Å²) in [4.78, 5) is 11.1. The summed E-state index contributed by atoms with van der Waals surface area (Å²) in [5, 5.41) is 0. The average molecular weight is 259 g/mol. The average Bonchev–Trinajstić information content (AvgIpc) is 2.51. The molecule has 1 heterocycles. The minimum Gasteiger partial charge on any atom is -0.298 e. The Morgan fingerprint density at radius 2 is 2.12 bits per heavy atom. The highest BCUT2D eigenvalue weighted by Crippen LogP contribution is 2.24. The van der Waals surface area contributed by atoms with E-state index in [0.29, 0.717) is 11.2 Å². The van der Waals surface area contributed by atoms with Gasteiger partial charge in [0.25, 0.3) is 10.1 Å². The van der Waals surface area contributed by atoms with E-state index in [0.717, 1.165) is 11.3 Å². The third-order valence-electron chi connectivity index (χ3n) is 2.24. The van der Waals surface area contributed by atoms with Crippen molar-refractivity contribution in [3.63, 3.8) is 0 Å². The maximum absolute atomic E-state index is 11.6. The van der Waals surface area contributed by atoms with E-state index in [-0.39, 0.29) is 15.3 Å². The summed E-state index contributed by atoms with van der Waals surface area (Å²) in [6, 6.07) is 4.44. The summed E-state index contributed by atoms with van der Waals surface area (Å²) < 4.78 is 33.3. The summed E-state index contributed by atoms with van der Waals surface area (Å²) in [5.74, 6) is 0. The molecule has 0 saturated heterocycles. The molecule has 86 valence electrons. The standard InChI is InChI=1S/C9H9NO4S2/c1-2-10-8-6(15-9(10)11)4-3-5-7(8)16(12,13)14/h3-5H,2H2,1H3,(H,12,13,14). The SMILES string of the molecule is CCn1c(=O)sc2cccc(S(=O)(=O)O)c21. The molecule has 1 N–H and O–H groups in total. The van der Waals surface area contributed by atoms with Gasteiger partial charge in [-0.25, -0.2) is 0 Å². The van der Waals surface area contributed by atoms with Gasteiger partial charge < -0.3 is 0 Å². The van der Waals surface area contributed by atoms with Crippen LogP contribution in [-0.2, 0) is 16.7 Å². The van der Waals surface area contributed by atoms with E-state index >= 15 is 0 Å². The number of nitrogens with zero attached hydrogens (tertiary/aromatic N) is 1. The van der Waals surface area contributed by atoms with Gasteiger partial charge in [-0.1, -0.05) is 17.4 Å². The Bertz CT molecular complexity index is 696. The van der Waals surface area contributed by atoms with Crippen LogP contribution in [0.3, 0.4) is 0 Å². The third-order valence-corrected chi connectivity index (χ3v) is 4.07. The van der Waals surface area contributed by atoms with Crippen LogP contribution >= 0.6 is 11.3 Å². The topological polar surface area (TPSA) is 76.4 Å². The first-order chi connectivity index (χ1) is 7.45. The molecular formula is C9H9NO4S2. The number of benzene rings is 1. The van der Waals surface area contributed by atoms with Gasteiger partial charge in [0, 0.05) is 6.54 Å². The number of para-hydroxylation sites is 1. The number of aryl methyl sites for hydroxylation is 1. The molecule has 0 atom stereocenters. The minimum absolute atomic E-state index is 0.217. The van der Waals surface area contributed by atoms with Crippen molar-refractivity contribution in [1.82, 2.24) is 4.57 Å². The van der Waals surface area contributed by atoms with E-state index in [1.54, 1.807) is 13.0 Å². The molecule has 0 spiro atoms. The molecule has 1 aromatic heterocycles. The highest BCUT2D eigenvalue weighted by Gasteiger charge is 2.18. The number of thiazole rings is 1. The first-order valence-electron chi connectivity index (χ1n) is 4.55. The molecule has 5 nitrogen and oxygen atoms in total. The number of hydrogen-bond acceptors (Lipinski definition) is 4. The Balaban J connectivity index is 3.02. The van der Waals surface area contributed by atoms with Crippen LogP contribution < -0.4 is 4.87 Å². The van der Waals surface area contributed by atoms with Gasteiger partial charge >= 0.3 is 4.87 Å². The van der Waals surface area contributed by atoms with E-state index in [2.05, 4.69) is 0 Å². The quantitative estimate of drug-likeness (QED) is 0.825. The van der Waals surface area contributed by atoms with Gasteiger partial charge in [-0.3, -0.25) is 13.9 Å². The zero-order valence-electron chi connectivity index (χ0n) is 8.37. The molecule has 0 aliphatic carbocycles. The molecule has 0 unspecified atom stereocenters. The van der Waals surface area contributed by atoms with Gasteiger partial charge in [0.1, 0.15) is 4.90 Å². The summed E-state index contributed by atoms with van der Waals surface area (Å²) in [6.45, 7) is 2.11. The largest absolute Gasteiger partial charge is 0.308 e. The van der Waals surface area contributed by atoms with Crippen molar-refractivity contribution in [2.24, 2.45) is 0 Å². The van der Waals surface area contributed by atoms with E-state index in [1.165, 1.54) is 16.7 Å².